The summed E-state index contributed by atoms with van der Waals surface area (Å²) in [7, 11) is 0. The fourth-order valence-electron chi connectivity index (χ4n) is 2.25. The molecule has 0 bridgehead atoms. The highest BCUT2D eigenvalue weighted by atomic mass is 16.6. The second-order valence-corrected chi connectivity index (χ2v) is 4.67. The Morgan fingerprint density at radius 2 is 1.62 bits per heavy atom. The van der Waals surface area contributed by atoms with Crippen LogP contribution in [0.5, 0.6) is 5.75 Å². The van der Waals surface area contributed by atoms with Crippen LogP contribution < -0.4 is 4.74 Å². The topological polar surface area (TPSA) is 48.3 Å². The van der Waals surface area contributed by atoms with E-state index < -0.39 is 6.09 Å². The number of fused-ring (bicyclic) bond motifs is 1. The van der Waals surface area contributed by atoms with Crippen molar-refractivity contribution < 1.29 is 14.3 Å². The van der Waals surface area contributed by atoms with Gasteiger partial charge in [-0.3, -0.25) is 9.36 Å². The molecule has 2 aromatic carbocycles. The summed E-state index contributed by atoms with van der Waals surface area (Å²) in [6, 6.07) is 16.1. The van der Waals surface area contributed by atoms with Crippen LogP contribution >= 0.6 is 0 Å². The summed E-state index contributed by atoms with van der Waals surface area (Å²) in [5, 5.41) is 0.745. The third kappa shape index (κ3) is 2.43. The van der Waals surface area contributed by atoms with Crippen LogP contribution in [0.1, 0.15) is 17.3 Å². The van der Waals surface area contributed by atoms with Gasteiger partial charge >= 0.3 is 6.09 Å². The molecule has 0 fully saturated rings. The van der Waals surface area contributed by atoms with E-state index in [1.165, 1.54) is 17.7 Å². The molecule has 0 aliphatic carbocycles. The van der Waals surface area contributed by atoms with Crippen LogP contribution in [0.4, 0.5) is 4.79 Å². The molecule has 0 N–H and O–H groups in total. The Labute approximate surface area is 121 Å². The first-order chi connectivity index (χ1) is 10.2. The molecule has 4 heteroatoms. The molecule has 21 heavy (non-hydrogen) atoms. The molecule has 3 aromatic rings. The summed E-state index contributed by atoms with van der Waals surface area (Å²) >= 11 is 0. The van der Waals surface area contributed by atoms with Gasteiger partial charge in [-0.15, -0.1) is 0 Å². The van der Waals surface area contributed by atoms with Crippen LogP contribution in [0.2, 0.25) is 0 Å². The van der Waals surface area contributed by atoms with Crippen molar-refractivity contribution in [3.63, 3.8) is 0 Å². The van der Waals surface area contributed by atoms with E-state index in [4.69, 9.17) is 4.74 Å². The van der Waals surface area contributed by atoms with Crippen molar-refractivity contribution in [2.75, 3.05) is 0 Å². The van der Waals surface area contributed by atoms with Gasteiger partial charge < -0.3 is 4.74 Å². The third-order valence-electron chi connectivity index (χ3n) is 3.24. The standard InChI is InChI=1S/C17H13NO3/c1-12(19)15-11-18(16-10-6-5-9-14(15)16)17(20)21-13-7-3-2-4-8-13/h2-11H,1H3. The van der Waals surface area contributed by atoms with Crippen LogP contribution in [0.15, 0.2) is 60.8 Å². The molecule has 0 saturated heterocycles. The number of benzene rings is 2. The van der Waals surface area contributed by atoms with Gasteiger partial charge in [0.05, 0.1) is 5.52 Å². The van der Waals surface area contributed by atoms with Crippen molar-refractivity contribution in [2.24, 2.45) is 0 Å². The normalized spacial score (nSPS) is 10.5. The van der Waals surface area contributed by atoms with Crippen molar-refractivity contribution in [2.45, 2.75) is 6.92 Å². The van der Waals surface area contributed by atoms with Crippen molar-refractivity contribution in [1.29, 1.82) is 0 Å². The number of ketones is 1. The first kappa shape index (κ1) is 13.1. The maximum Gasteiger partial charge on any atom is 0.423 e. The van der Waals surface area contributed by atoms with Crippen molar-refractivity contribution in [3.05, 3.63) is 66.4 Å². The number of ether oxygens (including phenoxy) is 1. The summed E-state index contributed by atoms with van der Waals surface area (Å²) in [6.07, 6.45) is 0.989. The molecule has 0 unspecified atom stereocenters. The number of para-hydroxylation sites is 2. The van der Waals surface area contributed by atoms with E-state index in [9.17, 15) is 9.59 Å². The molecule has 0 spiro atoms. The van der Waals surface area contributed by atoms with Gasteiger partial charge in [0.25, 0.3) is 0 Å². The Balaban J connectivity index is 2.04. The largest absolute Gasteiger partial charge is 0.423 e. The van der Waals surface area contributed by atoms with Gasteiger partial charge in [-0.1, -0.05) is 36.4 Å². The molecule has 0 saturated carbocycles. The lowest BCUT2D eigenvalue weighted by Gasteiger charge is -2.05. The lowest BCUT2D eigenvalue weighted by Crippen LogP contribution is -2.15. The minimum absolute atomic E-state index is 0.0857. The highest BCUT2D eigenvalue weighted by molar-refractivity contribution is 6.08. The number of rotatable bonds is 2. The maximum absolute atomic E-state index is 12.3. The first-order valence-corrected chi connectivity index (χ1v) is 6.55. The zero-order valence-electron chi connectivity index (χ0n) is 11.4. The number of hydrogen-bond acceptors (Lipinski definition) is 3. The molecule has 0 amide bonds. The zero-order valence-corrected chi connectivity index (χ0v) is 11.4. The van der Waals surface area contributed by atoms with Crippen molar-refractivity contribution in [3.8, 4) is 5.75 Å². The Bertz CT molecular complexity index is 818. The van der Waals surface area contributed by atoms with Crippen LogP contribution in [-0.4, -0.2) is 16.4 Å². The number of carbonyl (C=O) groups is 2. The van der Waals surface area contributed by atoms with Crippen molar-refractivity contribution >= 4 is 22.8 Å². The average molecular weight is 279 g/mol. The fraction of sp³-hybridized carbons (Fsp3) is 0.0588. The Hall–Kier alpha value is -2.88. The molecule has 1 aromatic heterocycles. The summed E-state index contributed by atoms with van der Waals surface area (Å²) in [6.45, 7) is 1.48. The van der Waals surface area contributed by atoms with Crippen molar-refractivity contribution in [1.82, 2.24) is 4.57 Å². The quantitative estimate of drug-likeness (QED) is 0.669. The summed E-state index contributed by atoms with van der Waals surface area (Å²) < 4.78 is 6.67. The predicted molar refractivity (Wildman–Crippen MR) is 79.8 cm³/mol. The second kappa shape index (κ2) is 5.25. The van der Waals surface area contributed by atoms with Crippen LogP contribution in [0.25, 0.3) is 10.9 Å². The van der Waals surface area contributed by atoms with Gasteiger partial charge in [0.15, 0.2) is 5.78 Å². The molecule has 4 nitrogen and oxygen atoms in total. The molecule has 0 aliphatic rings. The van der Waals surface area contributed by atoms with Gasteiger partial charge in [-0.05, 0) is 25.1 Å². The Kier molecular flexibility index (Phi) is 3.28. The van der Waals surface area contributed by atoms with E-state index in [0.29, 0.717) is 16.8 Å². The fourth-order valence-corrected chi connectivity index (χ4v) is 2.25. The summed E-state index contributed by atoms with van der Waals surface area (Å²) in [5.41, 5.74) is 1.17. The molecule has 3 rings (SSSR count). The van der Waals surface area contributed by atoms with Crippen LogP contribution in [0.3, 0.4) is 0 Å². The molecule has 0 atom stereocenters. The Morgan fingerprint density at radius 1 is 0.952 bits per heavy atom. The number of nitrogens with zero attached hydrogens (tertiary/aromatic N) is 1. The average Bonchev–Trinajstić information content (AvgIpc) is 2.88. The molecule has 0 radical (unpaired) electrons. The molecular weight excluding hydrogens is 266 g/mol. The highest BCUT2D eigenvalue weighted by Crippen LogP contribution is 2.22. The van der Waals surface area contributed by atoms with Gasteiger partial charge in [-0.2, -0.15) is 0 Å². The Morgan fingerprint density at radius 3 is 2.33 bits per heavy atom. The van der Waals surface area contributed by atoms with Crippen LogP contribution in [-0.2, 0) is 0 Å². The third-order valence-corrected chi connectivity index (χ3v) is 3.24. The minimum Gasteiger partial charge on any atom is -0.410 e. The van der Waals surface area contributed by atoms with Gasteiger partial charge in [-0.25, -0.2) is 4.79 Å². The van der Waals surface area contributed by atoms with Gasteiger partial charge in [0, 0.05) is 17.1 Å². The van der Waals surface area contributed by atoms with E-state index in [1.54, 1.807) is 30.3 Å². The van der Waals surface area contributed by atoms with E-state index >= 15 is 0 Å². The number of Topliss-reactive ketones (excluding diaryl/α,β-unsaturated/α-hetero) is 1. The number of carbonyl (C=O) groups excluding carboxylic acids is 2. The lowest BCUT2D eigenvalue weighted by atomic mass is 10.1. The lowest BCUT2D eigenvalue weighted by molar-refractivity contribution is 0.101. The predicted octanol–water partition coefficient (Wildman–Crippen LogP) is 3.89. The summed E-state index contributed by atoms with van der Waals surface area (Å²) in [4.78, 5) is 24.0. The maximum atomic E-state index is 12.3. The monoisotopic (exact) mass is 279 g/mol. The zero-order chi connectivity index (χ0) is 14.8. The van der Waals surface area contributed by atoms with Gasteiger partial charge in [0.2, 0.25) is 0 Å². The second-order valence-electron chi connectivity index (χ2n) is 4.67. The minimum atomic E-state index is -0.537. The number of aromatic nitrogens is 1. The molecular formula is C17H13NO3. The summed E-state index contributed by atoms with van der Waals surface area (Å²) in [5.74, 6) is 0.377. The van der Waals surface area contributed by atoms with Gasteiger partial charge in [0.1, 0.15) is 5.75 Å². The van der Waals surface area contributed by atoms with E-state index in [0.717, 1.165) is 5.39 Å². The smallest absolute Gasteiger partial charge is 0.410 e. The molecule has 0 aliphatic heterocycles. The molecule has 1 heterocycles. The van der Waals surface area contributed by atoms with Crippen LogP contribution in [0, 0.1) is 0 Å². The number of hydrogen-bond donors (Lipinski definition) is 0. The van der Waals surface area contributed by atoms with E-state index in [-0.39, 0.29) is 5.78 Å². The highest BCUT2D eigenvalue weighted by Gasteiger charge is 2.16. The van der Waals surface area contributed by atoms with E-state index in [2.05, 4.69) is 0 Å². The van der Waals surface area contributed by atoms with E-state index in [1.807, 2.05) is 24.3 Å². The SMILES string of the molecule is CC(=O)c1cn(C(=O)Oc2ccccc2)c2ccccc12. The first-order valence-electron chi connectivity index (χ1n) is 6.55. The molecule has 104 valence electrons.